The lowest BCUT2D eigenvalue weighted by molar-refractivity contribution is 0.198. The van der Waals surface area contributed by atoms with Crippen LogP contribution in [0, 0.1) is 0 Å². The number of rotatable bonds is 5. The molecule has 3 rings (SSSR count). The number of thiocarbonyl (C=S) groups is 1. The molecular weight excluding hydrogens is 399 g/mol. The first kappa shape index (κ1) is 20.2. The molecule has 0 bridgehead atoms. The standard InChI is InChI=1S/C20H24Cl2N4S/c1-15(14-23-20(27)24-18-12-16(21)11-17(22)13-18)25-7-9-26(10-8-25)19-5-3-2-4-6-19/h2-6,11-13,15H,7-10,14H2,1H3,(H2,23,24,27). The molecule has 0 amide bonds. The van der Waals surface area contributed by atoms with Crippen molar-refractivity contribution >= 4 is 51.9 Å². The van der Waals surface area contributed by atoms with E-state index in [9.17, 15) is 0 Å². The Kier molecular flexibility index (Phi) is 7.19. The fraction of sp³-hybridized carbons (Fsp3) is 0.350. The summed E-state index contributed by atoms with van der Waals surface area (Å²) < 4.78 is 0. The molecule has 1 aliphatic rings. The molecule has 2 N–H and O–H groups in total. The second-order valence-electron chi connectivity index (χ2n) is 6.70. The van der Waals surface area contributed by atoms with Crippen molar-refractivity contribution in [3.8, 4) is 0 Å². The molecule has 0 aromatic heterocycles. The van der Waals surface area contributed by atoms with Crippen LogP contribution in [0.25, 0.3) is 0 Å². The smallest absolute Gasteiger partial charge is 0.170 e. The zero-order valence-electron chi connectivity index (χ0n) is 15.3. The molecule has 1 atom stereocenters. The molecule has 1 heterocycles. The number of anilines is 2. The third kappa shape index (κ3) is 5.98. The molecule has 0 spiro atoms. The third-order valence-electron chi connectivity index (χ3n) is 4.74. The molecule has 1 saturated heterocycles. The van der Waals surface area contributed by atoms with E-state index in [0.717, 1.165) is 38.4 Å². The Balaban J connectivity index is 1.43. The van der Waals surface area contributed by atoms with Crippen molar-refractivity contribution in [3.05, 3.63) is 58.6 Å². The van der Waals surface area contributed by atoms with Crippen molar-refractivity contribution in [1.82, 2.24) is 10.2 Å². The topological polar surface area (TPSA) is 30.5 Å². The Labute approximate surface area is 176 Å². The molecule has 0 aliphatic carbocycles. The van der Waals surface area contributed by atoms with E-state index in [1.165, 1.54) is 5.69 Å². The molecular formula is C20H24Cl2N4S. The Morgan fingerprint density at radius 1 is 1.04 bits per heavy atom. The van der Waals surface area contributed by atoms with Gasteiger partial charge in [-0.05, 0) is 49.5 Å². The van der Waals surface area contributed by atoms with Gasteiger partial charge in [0, 0.05) is 60.2 Å². The lowest BCUT2D eigenvalue weighted by Crippen LogP contribution is -2.52. The van der Waals surface area contributed by atoms with E-state index in [1.54, 1.807) is 18.2 Å². The maximum absolute atomic E-state index is 6.02. The van der Waals surface area contributed by atoms with Crippen molar-refractivity contribution in [3.63, 3.8) is 0 Å². The molecule has 1 aliphatic heterocycles. The largest absolute Gasteiger partial charge is 0.369 e. The fourth-order valence-electron chi connectivity index (χ4n) is 3.23. The quantitative estimate of drug-likeness (QED) is 0.692. The summed E-state index contributed by atoms with van der Waals surface area (Å²) in [7, 11) is 0. The lowest BCUT2D eigenvalue weighted by atomic mass is 10.2. The van der Waals surface area contributed by atoms with Crippen LogP contribution in [0.4, 0.5) is 11.4 Å². The minimum Gasteiger partial charge on any atom is -0.369 e. The molecule has 1 fully saturated rings. The van der Waals surface area contributed by atoms with Crippen LogP contribution in [-0.2, 0) is 0 Å². The van der Waals surface area contributed by atoms with Gasteiger partial charge in [-0.2, -0.15) is 0 Å². The molecule has 0 saturated carbocycles. The summed E-state index contributed by atoms with van der Waals surface area (Å²) in [6.45, 7) is 7.18. The van der Waals surface area contributed by atoms with Crippen LogP contribution < -0.4 is 15.5 Å². The first-order valence-corrected chi connectivity index (χ1v) is 10.2. The van der Waals surface area contributed by atoms with Gasteiger partial charge in [-0.15, -0.1) is 0 Å². The second-order valence-corrected chi connectivity index (χ2v) is 7.98. The summed E-state index contributed by atoms with van der Waals surface area (Å²) in [4.78, 5) is 4.93. The maximum atomic E-state index is 6.02. The highest BCUT2D eigenvalue weighted by molar-refractivity contribution is 7.80. The molecule has 2 aromatic carbocycles. The van der Waals surface area contributed by atoms with E-state index in [-0.39, 0.29) is 0 Å². The molecule has 144 valence electrons. The highest BCUT2D eigenvalue weighted by Crippen LogP contribution is 2.22. The molecule has 4 nitrogen and oxygen atoms in total. The normalized spacial score (nSPS) is 16.0. The van der Waals surface area contributed by atoms with Crippen LogP contribution in [0.1, 0.15) is 6.92 Å². The summed E-state index contributed by atoms with van der Waals surface area (Å²) in [5, 5.41) is 8.16. The van der Waals surface area contributed by atoms with Gasteiger partial charge in [0.05, 0.1) is 0 Å². The average molecular weight is 423 g/mol. The van der Waals surface area contributed by atoms with Crippen molar-refractivity contribution in [2.45, 2.75) is 13.0 Å². The summed E-state index contributed by atoms with van der Waals surface area (Å²) in [6.07, 6.45) is 0. The van der Waals surface area contributed by atoms with E-state index in [2.05, 4.69) is 57.7 Å². The Bertz CT molecular complexity index is 744. The van der Waals surface area contributed by atoms with Gasteiger partial charge in [0.1, 0.15) is 0 Å². The summed E-state index contributed by atoms with van der Waals surface area (Å²) in [6, 6.07) is 16.3. The predicted molar refractivity (Wildman–Crippen MR) is 120 cm³/mol. The van der Waals surface area contributed by atoms with Crippen LogP contribution in [0.5, 0.6) is 0 Å². The Morgan fingerprint density at radius 3 is 2.30 bits per heavy atom. The number of nitrogens with one attached hydrogen (secondary N) is 2. The van der Waals surface area contributed by atoms with Gasteiger partial charge < -0.3 is 15.5 Å². The third-order valence-corrected chi connectivity index (χ3v) is 5.42. The van der Waals surface area contributed by atoms with E-state index in [4.69, 9.17) is 35.4 Å². The van der Waals surface area contributed by atoms with Crippen LogP contribution in [-0.4, -0.2) is 48.8 Å². The van der Waals surface area contributed by atoms with Gasteiger partial charge in [0.15, 0.2) is 5.11 Å². The van der Waals surface area contributed by atoms with Gasteiger partial charge in [-0.1, -0.05) is 41.4 Å². The number of hydrogen-bond donors (Lipinski definition) is 2. The van der Waals surface area contributed by atoms with Crippen LogP contribution in [0.15, 0.2) is 48.5 Å². The highest BCUT2D eigenvalue weighted by Gasteiger charge is 2.21. The summed E-state index contributed by atoms with van der Waals surface area (Å²) >= 11 is 17.4. The molecule has 2 aromatic rings. The minimum atomic E-state index is 0.394. The van der Waals surface area contributed by atoms with E-state index >= 15 is 0 Å². The van der Waals surface area contributed by atoms with Crippen molar-refractivity contribution in [2.24, 2.45) is 0 Å². The van der Waals surface area contributed by atoms with Crippen molar-refractivity contribution in [2.75, 3.05) is 42.9 Å². The number of nitrogens with zero attached hydrogens (tertiary/aromatic N) is 2. The van der Waals surface area contributed by atoms with Gasteiger partial charge in [0.2, 0.25) is 0 Å². The minimum absolute atomic E-state index is 0.394. The van der Waals surface area contributed by atoms with Gasteiger partial charge in [0.25, 0.3) is 0 Å². The second kappa shape index (κ2) is 9.60. The highest BCUT2D eigenvalue weighted by atomic mass is 35.5. The molecule has 7 heteroatoms. The number of piperazine rings is 1. The van der Waals surface area contributed by atoms with Gasteiger partial charge in [-0.3, -0.25) is 4.90 Å². The van der Waals surface area contributed by atoms with Crippen LogP contribution in [0.2, 0.25) is 10.0 Å². The van der Waals surface area contributed by atoms with Crippen LogP contribution >= 0.6 is 35.4 Å². The zero-order chi connectivity index (χ0) is 19.2. The van der Waals surface area contributed by atoms with E-state index in [1.807, 2.05) is 0 Å². The first-order chi connectivity index (χ1) is 13.0. The molecule has 0 radical (unpaired) electrons. The van der Waals surface area contributed by atoms with E-state index < -0.39 is 0 Å². The van der Waals surface area contributed by atoms with Gasteiger partial charge in [-0.25, -0.2) is 0 Å². The Morgan fingerprint density at radius 2 is 1.67 bits per heavy atom. The molecule has 27 heavy (non-hydrogen) atoms. The molecule has 1 unspecified atom stereocenters. The summed E-state index contributed by atoms with van der Waals surface area (Å²) in [5.74, 6) is 0. The monoisotopic (exact) mass is 422 g/mol. The number of benzene rings is 2. The number of para-hydroxylation sites is 1. The predicted octanol–water partition coefficient (Wildman–Crippen LogP) is 4.49. The zero-order valence-corrected chi connectivity index (χ0v) is 17.6. The fourth-order valence-corrected chi connectivity index (χ4v) is 3.96. The van der Waals surface area contributed by atoms with Crippen molar-refractivity contribution in [1.29, 1.82) is 0 Å². The average Bonchev–Trinajstić information content (AvgIpc) is 2.66. The lowest BCUT2D eigenvalue weighted by Gasteiger charge is -2.39. The van der Waals surface area contributed by atoms with Crippen molar-refractivity contribution < 1.29 is 0 Å². The van der Waals surface area contributed by atoms with E-state index in [0.29, 0.717) is 21.2 Å². The van der Waals surface area contributed by atoms with Crippen LogP contribution in [0.3, 0.4) is 0 Å². The summed E-state index contributed by atoms with van der Waals surface area (Å²) in [5.41, 5.74) is 2.09. The van der Waals surface area contributed by atoms with Gasteiger partial charge >= 0.3 is 0 Å². The SMILES string of the molecule is CC(CNC(=S)Nc1cc(Cl)cc(Cl)c1)N1CCN(c2ccccc2)CC1. The number of halogens is 2. The maximum Gasteiger partial charge on any atom is 0.170 e. The number of hydrogen-bond acceptors (Lipinski definition) is 3. The Hall–Kier alpha value is -1.53. The first-order valence-electron chi connectivity index (χ1n) is 9.06.